The lowest BCUT2D eigenvalue weighted by atomic mass is 10.1. The van der Waals surface area contributed by atoms with Crippen LogP contribution in [0.2, 0.25) is 0 Å². The number of aryl methyl sites for hydroxylation is 1. The van der Waals surface area contributed by atoms with Crippen LogP contribution >= 0.6 is 0 Å². The van der Waals surface area contributed by atoms with Gasteiger partial charge in [0.05, 0.1) is 24.0 Å². The Labute approximate surface area is 167 Å². The van der Waals surface area contributed by atoms with E-state index in [0.717, 1.165) is 0 Å². The van der Waals surface area contributed by atoms with Crippen molar-refractivity contribution in [2.75, 3.05) is 11.9 Å². The molecule has 146 valence electrons. The summed E-state index contributed by atoms with van der Waals surface area (Å²) in [6.07, 6.45) is 7.07. The molecule has 0 atom stereocenters. The highest BCUT2D eigenvalue weighted by atomic mass is 19.1. The van der Waals surface area contributed by atoms with Crippen molar-refractivity contribution in [2.24, 2.45) is 0 Å². The number of rotatable bonds is 7. The minimum absolute atomic E-state index is 0.0989. The molecule has 29 heavy (non-hydrogen) atoms. The molecule has 0 saturated carbocycles. The van der Waals surface area contributed by atoms with Crippen LogP contribution < -0.4 is 10.6 Å². The van der Waals surface area contributed by atoms with Gasteiger partial charge in [0.1, 0.15) is 5.82 Å². The highest BCUT2D eigenvalue weighted by Crippen LogP contribution is 2.21. The summed E-state index contributed by atoms with van der Waals surface area (Å²) < 4.78 is 18.6. The van der Waals surface area contributed by atoms with Gasteiger partial charge in [-0.1, -0.05) is 18.1 Å². The Kier molecular flexibility index (Phi) is 6.38. The van der Waals surface area contributed by atoms with Gasteiger partial charge in [-0.05, 0) is 36.4 Å². The smallest absolute Gasteiger partial charge is 0.254 e. The van der Waals surface area contributed by atoms with Crippen molar-refractivity contribution in [3.05, 3.63) is 72.0 Å². The molecule has 0 spiro atoms. The molecule has 0 fully saturated rings. The van der Waals surface area contributed by atoms with E-state index >= 15 is 0 Å². The minimum Gasteiger partial charge on any atom is -0.441 e. The van der Waals surface area contributed by atoms with E-state index < -0.39 is 0 Å². The maximum atomic E-state index is 13.0. The number of hydrogen-bond acceptors (Lipinski definition) is 4. The number of anilines is 1. The van der Waals surface area contributed by atoms with Crippen LogP contribution in [-0.2, 0) is 11.2 Å². The van der Waals surface area contributed by atoms with Crippen molar-refractivity contribution in [1.82, 2.24) is 10.3 Å². The zero-order chi connectivity index (χ0) is 20.6. The maximum absolute atomic E-state index is 13.0. The van der Waals surface area contributed by atoms with Gasteiger partial charge in [0.15, 0.2) is 11.7 Å². The number of halogens is 1. The third-order valence-electron chi connectivity index (χ3n) is 4.05. The van der Waals surface area contributed by atoms with E-state index in [2.05, 4.69) is 21.5 Å². The van der Waals surface area contributed by atoms with Crippen molar-refractivity contribution >= 4 is 17.5 Å². The van der Waals surface area contributed by atoms with Crippen molar-refractivity contribution in [1.29, 1.82) is 0 Å². The number of benzene rings is 2. The van der Waals surface area contributed by atoms with Gasteiger partial charge in [-0.2, -0.15) is 0 Å². The molecule has 0 aliphatic carbocycles. The van der Waals surface area contributed by atoms with Crippen LogP contribution in [0.3, 0.4) is 0 Å². The number of hydrogen-bond donors (Lipinski definition) is 2. The summed E-state index contributed by atoms with van der Waals surface area (Å²) >= 11 is 0. The van der Waals surface area contributed by atoms with Crippen LogP contribution in [0.5, 0.6) is 0 Å². The van der Waals surface area contributed by atoms with E-state index in [9.17, 15) is 14.0 Å². The highest BCUT2D eigenvalue weighted by Gasteiger charge is 2.14. The molecule has 2 amide bonds. The summed E-state index contributed by atoms with van der Waals surface area (Å²) in [4.78, 5) is 28.6. The normalized spacial score (nSPS) is 10.2. The first-order chi connectivity index (χ1) is 14.1. The fraction of sp³-hybridized carbons (Fsp3) is 0.136. The van der Waals surface area contributed by atoms with E-state index in [1.54, 1.807) is 36.4 Å². The molecule has 2 N–H and O–H groups in total. The van der Waals surface area contributed by atoms with Crippen LogP contribution in [0, 0.1) is 18.2 Å². The van der Waals surface area contributed by atoms with Gasteiger partial charge < -0.3 is 15.1 Å². The molecule has 3 aromatic rings. The largest absolute Gasteiger partial charge is 0.441 e. The second-order valence-electron chi connectivity index (χ2n) is 6.11. The average Bonchev–Trinajstić information content (AvgIpc) is 3.20. The van der Waals surface area contributed by atoms with E-state index in [-0.39, 0.29) is 37.0 Å². The predicted octanol–water partition coefficient (Wildman–Crippen LogP) is 3.42. The second kappa shape index (κ2) is 9.33. The Bertz CT molecular complexity index is 1050. The fourth-order valence-electron chi connectivity index (χ4n) is 2.62. The third kappa shape index (κ3) is 5.30. The molecule has 0 radical (unpaired) electrons. The molecule has 1 heterocycles. The fourth-order valence-corrected chi connectivity index (χ4v) is 2.62. The number of amides is 2. The summed E-state index contributed by atoms with van der Waals surface area (Å²) in [5.74, 6) is 2.22. The molecular weight excluding hydrogens is 373 g/mol. The zero-order valence-corrected chi connectivity index (χ0v) is 15.4. The molecular formula is C22H18FN3O3. The number of terminal acetylenes is 1. The molecule has 2 aromatic carbocycles. The first-order valence-corrected chi connectivity index (χ1v) is 8.88. The standard InChI is InChI=1S/C22H18FN3O3/c1-2-13-24-22(28)17-5-3-4-6-18(17)26-20(27)11-12-21-25-14-19(29-21)15-7-9-16(23)10-8-15/h1,3-10,14H,11-13H2,(H,24,28)(H,26,27). The summed E-state index contributed by atoms with van der Waals surface area (Å²) in [7, 11) is 0. The van der Waals surface area contributed by atoms with Gasteiger partial charge in [-0.15, -0.1) is 6.42 Å². The van der Waals surface area contributed by atoms with E-state index in [4.69, 9.17) is 10.8 Å². The number of nitrogens with one attached hydrogen (secondary N) is 2. The zero-order valence-electron chi connectivity index (χ0n) is 15.4. The lowest BCUT2D eigenvalue weighted by molar-refractivity contribution is -0.116. The van der Waals surface area contributed by atoms with Crippen LogP contribution in [0.25, 0.3) is 11.3 Å². The number of nitrogens with zero attached hydrogens (tertiary/aromatic N) is 1. The number of aromatic nitrogens is 1. The lowest BCUT2D eigenvalue weighted by Crippen LogP contribution is -2.25. The second-order valence-corrected chi connectivity index (χ2v) is 6.11. The topological polar surface area (TPSA) is 84.2 Å². The Morgan fingerprint density at radius 1 is 1.14 bits per heavy atom. The third-order valence-corrected chi connectivity index (χ3v) is 4.05. The van der Waals surface area contributed by atoms with Gasteiger partial charge in [0.2, 0.25) is 5.91 Å². The predicted molar refractivity (Wildman–Crippen MR) is 106 cm³/mol. The monoisotopic (exact) mass is 391 g/mol. The van der Waals surface area contributed by atoms with Gasteiger partial charge >= 0.3 is 0 Å². The highest BCUT2D eigenvalue weighted by molar-refractivity contribution is 6.03. The number of carbonyl (C=O) groups excluding carboxylic acids is 2. The Morgan fingerprint density at radius 2 is 1.90 bits per heavy atom. The molecule has 3 rings (SSSR count). The van der Waals surface area contributed by atoms with E-state index in [0.29, 0.717) is 28.5 Å². The van der Waals surface area contributed by atoms with E-state index in [1.165, 1.54) is 18.3 Å². The first-order valence-electron chi connectivity index (χ1n) is 8.88. The lowest BCUT2D eigenvalue weighted by Gasteiger charge is -2.10. The van der Waals surface area contributed by atoms with E-state index in [1.807, 2.05) is 0 Å². The average molecular weight is 391 g/mol. The van der Waals surface area contributed by atoms with Gasteiger partial charge in [-0.3, -0.25) is 9.59 Å². The van der Waals surface area contributed by atoms with Gasteiger partial charge in [-0.25, -0.2) is 9.37 Å². The van der Waals surface area contributed by atoms with Crippen LogP contribution in [-0.4, -0.2) is 23.3 Å². The molecule has 6 nitrogen and oxygen atoms in total. The SMILES string of the molecule is C#CCNC(=O)c1ccccc1NC(=O)CCc1ncc(-c2ccc(F)cc2)o1. The van der Waals surface area contributed by atoms with Crippen molar-refractivity contribution < 1.29 is 18.4 Å². The van der Waals surface area contributed by atoms with Crippen LogP contribution in [0.1, 0.15) is 22.7 Å². The molecule has 7 heteroatoms. The quantitative estimate of drug-likeness (QED) is 0.605. The Balaban J connectivity index is 1.59. The molecule has 0 bridgehead atoms. The molecule has 0 aliphatic heterocycles. The number of oxazole rings is 1. The minimum atomic E-state index is -0.365. The van der Waals surface area contributed by atoms with Crippen LogP contribution in [0.4, 0.5) is 10.1 Å². The molecule has 0 unspecified atom stereocenters. The number of carbonyl (C=O) groups is 2. The summed E-state index contributed by atoms with van der Waals surface area (Å²) in [5.41, 5.74) is 1.42. The van der Waals surface area contributed by atoms with Gasteiger partial charge in [0, 0.05) is 18.4 Å². The first kappa shape index (κ1) is 19.8. The summed E-state index contributed by atoms with van der Waals surface area (Å²) in [5, 5.41) is 5.29. The molecule has 0 aliphatic rings. The maximum Gasteiger partial charge on any atom is 0.254 e. The summed E-state index contributed by atoms with van der Waals surface area (Å²) in [6.45, 7) is 0.0989. The molecule has 0 saturated heterocycles. The van der Waals surface area contributed by atoms with Crippen molar-refractivity contribution in [3.8, 4) is 23.7 Å². The van der Waals surface area contributed by atoms with Gasteiger partial charge in [0.25, 0.3) is 5.91 Å². The van der Waals surface area contributed by atoms with Crippen molar-refractivity contribution in [3.63, 3.8) is 0 Å². The van der Waals surface area contributed by atoms with Crippen LogP contribution in [0.15, 0.2) is 59.1 Å². The Hall–Kier alpha value is -3.92. The Morgan fingerprint density at radius 3 is 2.66 bits per heavy atom. The summed E-state index contributed by atoms with van der Waals surface area (Å²) in [6, 6.07) is 12.5. The molecule has 1 aromatic heterocycles. The number of para-hydroxylation sites is 1. The van der Waals surface area contributed by atoms with Crippen molar-refractivity contribution in [2.45, 2.75) is 12.8 Å².